The third-order valence-electron chi connectivity index (χ3n) is 3.49. The van der Waals surface area contributed by atoms with Gasteiger partial charge in [0.15, 0.2) is 0 Å². The minimum atomic E-state index is -0.0383. The number of β-amino-alcohol motifs (C(OH)–C–C–N with tert-alkyl or cyclic N) is 1. The molecule has 0 unspecified atom stereocenters. The summed E-state index contributed by atoms with van der Waals surface area (Å²) in [6, 6.07) is 0. The van der Waals surface area contributed by atoms with Gasteiger partial charge in [0.2, 0.25) is 0 Å². The molecule has 1 saturated heterocycles. The number of aliphatic hydroxyl groups is 1. The average Bonchev–Trinajstić information content (AvgIpc) is 2.53. The maximum atomic E-state index is 9.39. The first-order chi connectivity index (χ1) is 6.34. The first-order valence-corrected chi connectivity index (χ1v) is 5.75. The lowest BCUT2D eigenvalue weighted by Gasteiger charge is -2.26. The highest BCUT2D eigenvalue weighted by molar-refractivity contribution is 4.77. The predicted octanol–water partition coefficient (Wildman–Crippen LogP) is 1.63. The Morgan fingerprint density at radius 2 is 1.85 bits per heavy atom. The van der Waals surface area contributed by atoms with Gasteiger partial charge in [-0.05, 0) is 25.2 Å². The van der Waals surface area contributed by atoms with Gasteiger partial charge < -0.3 is 10.0 Å². The van der Waals surface area contributed by atoms with Gasteiger partial charge in [-0.2, -0.15) is 0 Å². The molecule has 13 heavy (non-hydrogen) atoms. The Morgan fingerprint density at radius 1 is 1.08 bits per heavy atom. The first-order valence-electron chi connectivity index (χ1n) is 5.75. The van der Waals surface area contributed by atoms with E-state index in [1.807, 2.05) is 0 Å². The van der Waals surface area contributed by atoms with Crippen LogP contribution in [0.5, 0.6) is 0 Å². The largest absolute Gasteiger partial charge is 0.392 e. The van der Waals surface area contributed by atoms with Crippen molar-refractivity contribution >= 4 is 0 Å². The average molecular weight is 183 g/mol. The smallest absolute Gasteiger partial charge is 0.0679 e. The van der Waals surface area contributed by atoms with Crippen molar-refractivity contribution in [3.63, 3.8) is 0 Å². The van der Waals surface area contributed by atoms with Crippen molar-refractivity contribution in [3.05, 3.63) is 0 Å². The molecule has 2 aliphatic rings. The topological polar surface area (TPSA) is 23.5 Å². The summed E-state index contributed by atoms with van der Waals surface area (Å²) in [5, 5.41) is 9.39. The summed E-state index contributed by atoms with van der Waals surface area (Å²) in [5.74, 6) is 0.930. The van der Waals surface area contributed by atoms with Crippen molar-refractivity contribution in [3.8, 4) is 0 Å². The van der Waals surface area contributed by atoms with Gasteiger partial charge in [0, 0.05) is 19.6 Å². The summed E-state index contributed by atoms with van der Waals surface area (Å²) in [4.78, 5) is 2.45. The van der Waals surface area contributed by atoms with E-state index in [1.165, 1.54) is 38.6 Å². The van der Waals surface area contributed by atoms with Gasteiger partial charge >= 0.3 is 0 Å². The second kappa shape index (κ2) is 4.43. The zero-order valence-electron chi connectivity index (χ0n) is 8.41. The number of hydrogen-bond acceptors (Lipinski definition) is 2. The van der Waals surface area contributed by atoms with E-state index in [1.54, 1.807) is 0 Å². The third-order valence-corrected chi connectivity index (χ3v) is 3.49. The third kappa shape index (κ3) is 2.68. The molecule has 2 fully saturated rings. The number of hydrogen-bond donors (Lipinski definition) is 1. The summed E-state index contributed by atoms with van der Waals surface area (Å²) >= 11 is 0. The highest BCUT2D eigenvalue weighted by atomic mass is 16.3. The molecule has 0 aromatic rings. The molecule has 0 spiro atoms. The van der Waals surface area contributed by atoms with Crippen molar-refractivity contribution in [1.29, 1.82) is 0 Å². The Balaban J connectivity index is 1.71. The van der Waals surface area contributed by atoms with E-state index in [-0.39, 0.29) is 6.10 Å². The zero-order chi connectivity index (χ0) is 9.10. The summed E-state index contributed by atoms with van der Waals surface area (Å²) in [7, 11) is 0. The minimum absolute atomic E-state index is 0.0383. The molecule has 0 bridgehead atoms. The van der Waals surface area contributed by atoms with E-state index in [2.05, 4.69) is 4.90 Å². The van der Waals surface area contributed by atoms with E-state index < -0.39 is 0 Å². The van der Waals surface area contributed by atoms with E-state index >= 15 is 0 Å². The van der Waals surface area contributed by atoms with Crippen LogP contribution in [0.4, 0.5) is 0 Å². The maximum Gasteiger partial charge on any atom is 0.0679 e. The lowest BCUT2D eigenvalue weighted by Crippen LogP contribution is -2.29. The number of rotatable bonds is 2. The normalized spacial score (nSPS) is 32.5. The van der Waals surface area contributed by atoms with Gasteiger partial charge in [0.05, 0.1) is 6.10 Å². The predicted molar refractivity (Wildman–Crippen MR) is 53.6 cm³/mol. The van der Waals surface area contributed by atoms with Crippen LogP contribution in [-0.2, 0) is 0 Å². The molecule has 0 aromatic carbocycles. The van der Waals surface area contributed by atoms with E-state index in [0.29, 0.717) is 0 Å². The molecule has 1 aliphatic heterocycles. The zero-order valence-corrected chi connectivity index (χ0v) is 8.41. The van der Waals surface area contributed by atoms with Crippen LogP contribution >= 0.6 is 0 Å². The van der Waals surface area contributed by atoms with Crippen molar-refractivity contribution in [2.45, 2.75) is 44.6 Å². The van der Waals surface area contributed by atoms with Gasteiger partial charge in [-0.15, -0.1) is 0 Å². The van der Waals surface area contributed by atoms with Gasteiger partial charge in [-0.3, -0.25) is 0 Å². The fourth-order valence-electron chi connectivity index (χ4n) is 2.71. The van der Waals surface area contributed by atoms with Gasteiger partial charge in [0.25, 0.3) is 0 Å². The highest BCUT2D eigenvalue weighted by Gasteiger charge is 2.23. The van der Waals surface area contributed by atoms with Crippen LogP contribution in [0.15, 0.2) is 0 Å². The van der Waals surface area contributed by atoms with Crippen LogP contribution < -0.4 is 0 Å². The van der Waals surface area contributed by atoms with Crippen LogP contribution in [-0.4, -0.2) is 35.7 Å². The Labute approximate surface area is 80.9 Å². The Bertz CT molecular complexity index is 151. The van der Waals surface area contributed by atoms with Crippen molar-refractivity contribution in [2.24, 2.45) is 5.92 Å². The Hall–Kier alpha value is -0.0800. The fourth-order valence-corrected chi connectivity index (χ4v) is 2.71. The Morgan fingerprint density at radius 3 is 2.46 bits per heavy atom. The van der Waals surface area contributed by atoms with E-state index in [0.717, 1.165) is 25.4 Å². The molecule has 2 rings (SSSR count). The monoisotopic (exact) mass is 183 g/mol. The summed E-state index contributed by atoms with van der Waals surface area (Å²) in [6.07, 6.45) is 8.11. The van der Waals surface area contributed by atoms with Gasteiger partial charge in [-0.25, -0.2) is 0 Å². The second-order valence-electron chi connectivity index (χ2n) is 4.71. The molecule has 76 valence electrons. The molecule has 0 amide bonds. The molecular weight excluding hydrogens is 162 g/mol. The van der Waals surface area contributed by atoms with Crippen LogP contribution in [0.25, 0.3) is 0 Å². The summed E-state index contributed by atoms with van der Waals surface area (Å²) < 4.78 is 0. The quantitative estimate of drug-likeness (QED) is 0.703. The van der Waals surface area contributed by atoms with Crippen LogP contribution in [0.1, 0.15) is 38.5 Å². The lowest BCUT2D eigenvalue weighted by atomic mass is 9.89. The van der Waals surface area contributed by atoms with E-state index in [9.17, 15) is 5.11 Å². The maximum absolute atomic E-state index is 9.39. The number of aliphatic hydroxyl groups excluding tert-OH is 1. The highest BCUT2D eigenvalue weighted by Crippen LogP contribution is 2.25. The molecule has 0 radical (unpaired) electrons. The number of nitrogens with zero attached hydrogens (tertiary/aromatic N) is 1. The summed E-state index contributed by atoms with van der Waals surface area (Å²) in [5.41, 5.74) is 0. The van der Waals surface area contributed by atoms with Crippen molar-refractivity contribution in [1.82, 2.24) is 4.90 Å². The van der Waals surface area contributed by atoms with Crippen LogP contribution in [0.2, 0.25) is 0 Å². The molecule has 2 heteroatoms. The van der Waals surface area contributed by atoms with Gasteiger partial charge in [0.1, 0.15) is 0 Å². The van der Waals surface area contributed by atoms with Gasteiger partial charge in [-0.1, -0.05) is 19.3 Å². The molecule has 2 nitrogen and oxygen atoms in total. The SMILES string of the molecule is O[C@H]1CCN(CC2CCCCC2)C1. The van der Waals surface area contributed by atoms with E-state index in [4.69, 9.17) is 0 Å². The first kappa shape index (κ1) is 9.47. The summed E-state index contributed by atoms with van der Waals surface area (Å²) in [6.45, 7) is 3.30. The minimum Gasteiger partial charge on any atom is -0.392 e. The standard InChI is InChI=1S/C11H21NO/c13-11-6-7-12(9-11)8-10-4-2-1-3-5-10/h10-11,13H,1-9H2/t11-/m0/s1. The molecule has 1 heterocycles. The number of likely N-dealkylation sites (tertiary alicyclic amines) is 1. The molecule has 1 N–H and O–H groups in total. The Kier molecular flexibility index (Phi) is 3.23. The van der Waals surface area contributed by atoms with Crippen LogP contribution in [0, 0.1) is 5.92 Å². The van der Waals surface area contributed by atoms with Crippen molar-refractivity contribution in [2.75, 3.05) is 19.6 Å². The lowest BCUT2D eigenvalue weighted by molar-refractivity contribution is 0.164. The molecular formula is C11H21NO. The molecule has 1 atom stereocenters. The second-order valence-corrected chi connectivity index (χ2v) is 4.71. The molecule has 1 saturated carbocycles. The van der Waals surface area contributed by atoms with Crippen molar-refractivity contribution < 1.29 is 5.11 Å². The van der Waals surface area contributed by atoms with Crippen LogP contribution in [0.3, 0.4) is 0 Å². The fraction of sp³-hybridized carbons (Fsp3) is 1.00. The molecule has 1 aliphatic carbocycles. The molecule has 0 aromatic heterocycles.